The predicted molar refractivity (Wildman–Crippen MR) is 68.4 cm³/mol. The number of aromatic nitrogens is 2. The summed E-state index contributed by atoms with van der Waals surface area (Å²) in [5.74, 6) is -0.147. The zero-order chi connectivity index (χ0) is 13.6. The van der Waals surface area contributed by atoms with E-state index in [1.54, 1.807) is 37.5 Å². The molecule has 2 amide bonds. The molecule has 0 bridgehead atoms. The summed E-state index contributed by atoms with van der Waals surface area (Å²) in [6.45, 7) is 1.75. The minimum atomic E-state index is -0.457. The van der Waals surface area contributed by atoms with E-state index < -0.39 is 6.04 Å². The Hall–Kier alpha value is -2.63. The Labute approximate surface area is 109 Å². The highest BCUT2D eigenvalue weighted by Gasteiger charge is 2.40. The number of amides is 2. The number of hydrogen-bond acceptors (Lipinski definition) is 4. The standard InChI is InChI=1S/C13H12N4O2/c1-7(11-15-5-6-16-11)17-12(18)8-3-2-4-9(14)10(8)13(17)19/h2-7H,14H2,1H3,(H,15,16). The number of aromatic amines is 1. The summed E-state index contributed by atoms with van der Waals surface area (Å²) in [6, 6.07) is 4.44. The second kappa shape index (κ2) is 3.94. The number of anilines is 1. The molecule has 1 aromatic carbocycles. The zero-order valence-electron chi connectivity index (χ0n) is 10.3. The van der Waals surface area contributed by atoms with Crippen molar-refractivity contribution in [3.8, 4) is 0 Å². The van der Waals surface area contributed by atoms with Crippen molar-refractivity contribution in [3.05, 3.63) is 47.5 Å². The maximum absolute atomic E-state index is 12.3. The molecule has 2 heterocycles. The molecule has 2 aromatic rings. The van der Waals surface area contributed by atoms with Crippen LogP contribution in [0.25, 0.3) is 0 Å². The van der Waals surface area contributed by atoms with E-state index in [-0.39, 0.29) is 17.4 Å². The van der Waals surface area contributed by atoms with E-state index in [0.717, 1.165) is 0 Å². The van der Waals surface area contributed by atoms with Crippen LogP contribution in [0.2, 0.25) is 0 Å². The first-order chi connectivity index (χ1) is 9.11. The molecule has 0 fully saturated rings. The van der Waals surface area contributed by atoms with Crippen molar-refractivity contribution in [2.75, 3.05) is 5.73 Å². The van der Waals surface area contributed by atoms with Gasteiger partial charge < -0.3 is 10.7 Å². The van der Waals surface area contributed by atoms with Crippen molar-refractivity contribution in [2.24, 2.45) is 0 Å². The number of nitrogen functional groups attached to an aromatic ring is 1. The molecule has 3 rings (SSSR count). The summed E-state index contributed by atoms with van der Waals surface area (Å²) in [6.07, 6.45) is 3.23. The fourth-order valence-corrected chi connectivity index (χ4v) is 2.31. The first-order valence-electron chi connectivity index (χ1n) is 5.87. The average Bonchev–Trinajstić information content (AvgIpc) is 2.98. The lowest BCUT2D eigenvalue weighted by Gasteiger charge is -2.20. The lowest BCUT2D eigenvalue weighted by Crippen LogP contribution is -2.33. The van der Waals surface area contributed by atoms with Gasteiger partial charge in [0.05, 0.1) is 17.2 Å². The molecule has 0 saturated carbocycles. The number of carbonyl (C=O) groups is 2. The van der Waals surface area contributed by atoms with E-state index in [0.29, 0.717) is 17.1 Å². The van der Waals surface area contributed by atoms with Crippen molar-refractivity contribution in [1.82, 2.24) is 14.9 Å². The second-order valence-corrected chi connectivity index (χ2v) is 4.40. The molecule has 1 aliphatic heterocycles. The molecule has 1 atom stereocenters. The van der Waals surface area contributed by atoms with Gasteiger partial charge in [0, 0.05) is 18.1 Å². The van der Waals surface area contributed by atoms with Gasteiger partial charge in [0.25, 0.3) is 11.8 Å². The fourth-order valence-electron chi connectivity index (χ4n) is 2.31. The van der Waals surface area contributed by atoms with Gasteiger partial charge in [-0.25, -0.2) is 4.98 Å². The minimum absolute atomic E-state index is 0.283. The number of benzene rings is 1. The third kappa shape index (κ3) is 1.53. The zero-order valence-corrected chi connectivity index (χ0v) is 10.3. The molecule has 6 heteroatoms. The van der Waals surface area contributed by atoms with Crippen molar-refractivity contribution in [1.29, 1.82) is 0 Å². The lowest BCUT2D eigenvalue weighted by molar-refractivity contribution is 0.0590. The average molecular weight is 256 g/mol. The Morgan fingerprint density at radius 3 is 2.74 bits per heavy atom. The van der Waals surface area contributed by atoms with Crippen LogP contribution in [0.1, 0.15) is 39.5 Å². The Kier molecular flexibility index (Phi) is 2.38. The van der Waals surface area contributed by atoms with Crippen molar-refractivity contribution >= 4 is 17.5 Å². The Morgan fingerprint density at radius 1 is 1.32 bits per heavy atom. The first-order valence-corrected chi connectivity index (χ1v) is 5.87. The van der Waals surface area contributed by atoms with Crippen LogP contribution in [0.4, 0.5) is 5.69 Å². The van der Waals surface area contributed by atoms with Gasteiger partial charge >= 0.3 is 0 Å². The summed E-state index contributed by atoms with van der Waals surface area (Å²) < 4.78 is 0. The van der Waals surface area contributed by atoms with Crippen LogP contribution < -0.4 is 5.73 Å². The largest absolute Gasteiger partial charge is 0.398 e. The van der Waals surface area contributed by atoms with Crippen molar-refractivity contribution < 1.29 is 9.59 Å². The molecule has 1 aliphatic rings. The number of nitrogens with zero attached hydrogens (tertiary/aromatic N) is 2. The number of imidazole rings is 1. The van der Waals surface area contributed by atoms with Gasteiger partial charge in [-0.3, -0.25) is 14.5 Å². The number of carbonyl (C=O) groups excluding carboxylic acids is 2. The monoisotopic (exact) mass is 256 g/mol. The topological polar surface area (TPSA) is 92.1 Å². The summed E-state index contributed by atoms with van der Waals surface area (Å²) >= 11 is 0. The molecule has 19 heavy (non-hydrogen) atoms. The highest BCUT2D eigenvalue weighted by atomic mass is 16.2. The fraction of sp³-hybridized carbons (Fsp3) is 0.154. The highest BCUT2D eigenvalue weighted by molar-refractivity contribution is 6.23. The number of imide groups is 1. The van der Waals surface area contributed by atoms with Gasteiger partial charge in [0.2, 0.25) is 0 Å². The highest BCUT2D eigenvalue weighted by Crippen LogP contribution is 2.32. The van der Waals surface area contributed by atoms with Gasteiger partial charge in [-0.2, -0.15) is 0 Å². The van der Waals surface area contributed by atoms with Crippen molar-refractivity contribution in [3.63, 3.8) is 0 Å². The second-order valence-electron chi connectivity index (χ2n) is 4.40. The Morgan fingerprint density at radius 2 is 2.11 bits per heavy atom. The first kappa shape index (κ1) is 11.5. The number of H-pyrrole nitrogens is 1. The Balaban J connectivity index is 2.06. The number of nitrogens with one attached hydrogen (secondary N) is 1. The molecule has 1 unspecified atom stereocenters. The number of rotatable bonds is 2. The molecule has 96 valence electrons. The van der Waals surface area contributed by atoms with Gasteiger partial charge in [-0.15, -0.1) is 0 Å². The van der Waals surface area contributed by atoms with Crippen LogP contribution >= 0.6 is 0 Å². The third-order valence-electron chi connectivity index (χ3n) is 3.28. The van der Waals surface area contributed by atoms with E-state index in [4.69, 9.17) is 5.73 Å². The maximum atomic E-state index is 12.3. The molecular formula is C13H12N4O2. The van der Waals surface area contributed by atoms with Gasteiger partial charge in [0.15, 0.2) is 0 Å². The van der Waals surface area contributed by atoms with Crippen LogP contribution in [-0.2, 0) is 0 Å². The van der Waals surface area contributed by atoms with Crippen LogP contribution in [0.15, 0.2) is 30.6 Å². The number of fused-ring (bicyclic) bond motifs is 1. The van der Waals surface area contributed by atoms with Crippen LogP contribution in [-0.4, -0.2) is 26.7 Å². The quantitative estimate of drug-likeness (QED) is 0.626. The summed E-state index contributed by atoms with van der Waals surface area (Å²) in [5.41, 5.74) is 6.74. The normalized spacial score (nSPS) is 15.7. The number of nitrogens with two attached hydrogens (primary N) is 1. The van der Waals surface area contributed by atoms with Crippen molar-refractivity contribution in [2.45, 2.75) is 13.0 Å². The lowest BCUT2D eigenvalue weighted by atomic mass is 10.1. The number of hydrogen-bond donors (Lipinski definition) is 2. The predicted octanol–water partition coefficient (Wildman–Crippen LogP) is 1.35. The van der Waals surface area contributed by atoms with Crippen LogP contribution in [0.3, 0.4) is 0 Å². The van der Waals surface area contributed by atoms with E-state index in [1.165, 1.54) is 4.90 Å². The summed E-state index contributed by atoms with van der Waals surface area (Å²) in [5, 5.41) is 0. The summed E-state index contributed by atoms with van der Waals surface area (Å²) in [4.78, 5) is 32.8. The van der Waals surface area contributed by atoms with Crippen LogP contribution in [0.5, 0.6) is 0 Å². The molecule has 1 aromatic heterocycles. The smallest absolute Gasteiger partial charge is 0.264 e. The van der Waals surface area contributed by atoms with Gasteiger partial charge in [0.1, 0.15) is 5.82 Å². The molecular weight excluding hydrogens is 244 g/mol. The Bertz CT molecular complexity index is 663. The maximum Gasteiger partial charge on any atom is 0.264 e. The molecule has 6 nitrogen and oxygen atoms in total. The van der Waals surface area contributed by atoms with Gasteiger partial charge in [-0.1, -0.05) is 6.07 Å². The van der Waals surface area contributed by atoms with Gasteiger partial charge in [-0.05, 0) is 19.1 Å². The molecule has 0 radical (unpaired) electrons. The molecule has 0 aliphatic carbocycles. The molecule has 0 spiro atoms. The summed E-state index contributed by atoms with van der Waals surface area (Å²) in [7, 11) is 0. The SMILES string of the molecule is CC(c1ncc[nH]1)N1C(=O)c2cccc(N)c2C1=O. The van der Waals surface area contributed by atoms with E-state index in [2.05, 4.69) is 9.97 Å². The van der Waals surface area contributed by atoms with Crippen LogP contribution in [0, 0.1) is 0 Å². The van der Waals surface area contributed by atoms with E-state index in [9.17, 15) is 9.59 Å². The third-order valence-corrected chi connectivity index (χ3v) is 3.28. The minimum Gasteiger partial charge on any atom is -0.398 e. The van der Waals surface area contributed by atoms with E-state index in [1.807, 2.05) is 0 Å². The molecule has 3 N–H and O–H groups in total. The van der Waals surface area contributed by atoms with E-state index >= 15 is 0 Å². The molecule has 0 saturated heterocycles.